The van der Waals surface area contributed by atoms with Gasteiger partial charge in [0.25, 0.3) is 0 Å². The maximum atomic E-state index is 17.0. The molecule has 2 aliphatic heterocycles. The number of aromatic nitrogens is 4. The SMILES string of the molecule is C=CC(=O)N1CC(C)N2c3nc(=O)n(-c4c(C(C)C)ncnc4C(C)C)c4c(Cl)c(-c5c(O)cccc5F)c(F)c(c34)NCCC2C1. The molecule has 1 amide bonds. The van der Waals surface area contributed by atoms with E-state index in [1.165, 1.54) is 29.1 Å². The number of amides is 1. The van der Waals surface area contributed by atoms with Crippen LogP contribution in [0.15, 0.2) is 42.0 Å². The average Bonchev–Trinajstić information content (AvgIpc) is 3.01. The van der Waals surface area contributed by atoms with Gasteiger partial charge in [0.2, 0.25) is 5.91 Å². The first-order chi connectivity index (χ1) is 22.4. The first kappa shape index (κ1) is 32.4. The van der Waals surface area contributed by atoms with Crippen molar-refractivity contribution in [3.63, 3.8) is 0 Å². The molecule has 246 valence electrons. The quantitative estimate of drug-likeness (QED) is 0.245. The third-order valence-electron chi connectivity index (χ3n) is 8.93. The van der Waals surface area contributed by atoms with Crippen LogP contribution < -0.4 is 15.9 Å². The van der Waals surface area contributed by atoms with Gasteiger partial charge in [-0.2, -0.15) is 4.98 Å². The average molecular weight is 664 g/mol. The summed E-state index contributed by atoms with van der Waals surface area (Å²) in [4.78, 5) is 44.5. The molecule has 1 saturated heterocycles. The van der Waals surface area contributed by atoms with E-state index < -0.39 is 34.2 Å². The molecule has 2 aromatic heterocycles. The largest absolute Gasteiger partial charge is 0.507 e. The van der Waals surface area contributed by atoms with Crippen LogP contribution in [0.3, 0.4) is 0 Å². The highest BCUT2D eigenvalue weighted by Crippen LogP contribution is 2.49. The smallest absolute Gasteiger partial charge is 0.354 e. The van der Waals surface area contributed by atoms with Gasteiger partial charge in [0.05, 0.1) is 50.3 Å². The summed E-state index contributed by atoms with van der Waals surface area (Å²) in [7, 11) is 0. The van der Waals surface area contributed by atoms with Gasteiger partial charge in [-0.3, -0.25) is 9.36 Å². The molecule has 4 aromatic rings. The second kappa shape index (κ2) is 12.2. The van der Waals surface area contributed by atoms with E-state index in [9.17, 15) is 14.7 Å². The highest BCUT2D eigenvalue weighted by atomic mass is 35.5. The topological polar surface area (TPSA) is 116 Å². The van der Waals surface area contributed by atoms with Gasteiger partial charge >= 0.3 is 5.69 Å². The van der Waals surface area contributed by atoms with Crippen LogP contribution >= 0.6 is 11.6 Å². The number of nitrogens with one attached hydrogen (secondary N) is 1. The van der Waals surface area contributed by atoms with E-state index in [0.29, 0.717) is 36.6 Å². The van der Waals surface area contributed by atoms with Gasteiger partial charge in [0, 0.05) is 31.2 Å². The van der Waals surface area contributed by atoms with E-state index in [4.69, 9.17) is 11.6 Å². The Balaban J connectivity index is 1.81. The van der Waals surface area contributed by atoms with E-state index in [2.05, 4.69) is 26.8 Å². The molecule has 2 unspecified atom stereocenters. The Morgan fingerprint density at radius 3 is 2.43 bits per heavy atom. The molecule has 4 heterocycles. The number of phenols is 1. The standard InChI is InChI=1S/C34H36ClF2N7O3/c1-7-22(46)42-13-18(6)43-19(14-42)11-12-38-30-25-31(26(35)24(27(30)37)23-20(36)9-8-10-21(23)45)44(34(47)41-33(25)43)32-28(16(2)3)39-15-40-29(32)17(4)5/h7-10,15-19,38,45H,1,11-14H2,2-6H3. The van der Waals surface area contributed by atoms with Gasteiger partial charge in [-0.15, -0.1) is 0 Å². The molecule has 0 radical (unpaired) electrons. The van der Waals surface area contributed by atoms with E-state index in [1.54, 1.807) is 4.90 Å². The zero-order chi connectivity index (χ0) is 33.9. The maximum Gasteiger partial charge on any atom is 0.354 e. The van der Waals surface area contributed by atoms with Crippen LogP contribution in [0, 0.1) is 11.6 Å². The van der Waals surface area contributed by atoms with Crippen molar-refractivity contribution in [2.24, 2.45) is 0 Å². The third kappa shape index (κ3) is 5.18. The van der Waals surface area contributed by atoms with Gasteiger partial charge in [-0.1, -0.05) is 51.9 Å². The summed E-state index contributed by atoms with van der Waals surface area (Å²) in [6.07, 6.45) is 3.17. The lowest BCUT2D eigenvalue weighted by molar-refractivity contribution is -0.127. The molecule has 0 saturated carbocycles. The van der Waals surface area contributed by atoms with Crippen molar-refractivity contribution in [3.8, 4) is 22.6 Å². The van der Waals surface area contributed by atoms with Crippen molar-refractivity contribution in [3.05, 3.63) is 75.7 Å². The van der Waals surface area contributed by atoms with Crippen LogP contribution in [0.4, 0.5) is 20.3 Å². The molecule has 6 rings (SSSR count). The summed E-state index contributed by atoms with van der Waals surface area (Å²) in [6, 6.07) is 3.04. The van der Waals surface area contributed by atoms with Crippen LogP contribution in [-0.2, 0) is 4.79 Å². The highest BCUT2D eigenvalue weighted by Gasteiger charge is 2.39. The highest BCUT2D eigenvalue weighted by molar-refractivity contribution is 6.39. The molecule has 2 aliphatic rings. The van der Waals surface area contributed by atoms with E-state index in [1.807, 2.05) is 39.5 Å². The Morgan fingerprint density at radius 2 is 1.81 bits per heavy atom. The minimum Gasteiger partial charge on any atom is -0.507 e. The molecule has 2 aromatic carbocycles. The number of benzene rings is 2. The summed E-state index contributed by atoms with van der Waals surface area (Å²) in [5.41, 5.74) is -0.0775. The zero-order valence-corrected chi connectivity index (χ0v) is 27.6. The van der Waals surface area contributed by atoms with Crippen LogP contribution in [0.5, 0.6) is 5.75 Å². The monoisotopic (exact) mass is 663 g/mol. The number of carbonyl (C=O) groups excluding carboxylic acids is 1. The number of fused-ring (bicyclic) bond motifs is 2. The summed E-state index contributed by atoms with van der Waals surface area (Å²) < 4.78 is 33.7. The molecular weight excluding hydrogens is 628 g/mol. The number of rotatable bonds is 5. The Kier molecular flexibility index (Phi) is 8.41. The summed E-state index contributed by atoms with van der Waals surface area (Å²) in [6.45, 7) is 14.2. The number of piperazine rings is 1. The zero-order valence-electron chi connectivity index (χ0n) is 26.8. The second-order valence-corrected chi connectivity index (χ2v) is 13.0. The Morgan fingerprint density at radius 1 is 1.13 bits per heavy atom. The Bertz CT molecular complexity index is 1950. The fourth-order valence-electron chi connectivity index (χ4n) is 6.89. The number of nitrogens with zero attached hydrogens (tertiary/aromatic N) is 6. The minimum atomic E-state index is -0.903. The number of hydrogen-bond donors (Lipinski definition) is 2. The first-order valence-corrected chi connectivity index (χ1v) is 16.0. The van der Waals surface area contributed by atoms with Crippen molar-refractivity contribution >= 4 is 39.9 Å². The number of halogens is 3. The number of hydrogen-bond acceptors (Lipinski definition) is 8. The number of phenolic OH excluding ortho intramolecular Hbond substituents is 1. The summed E-state index contributed by atoms with van der Waals surface area (Å²) in [5, 5.41) is 13.9. The fraction of sp³-hybridized carbons (Fsp3) is 0.382. The molecule has 13 heteroatoms. The molecule has 10 nitrogen and oxygen atoms in total. The van der Waals surface area contributed by atoms with Crippen molar-refractivity contribution < 1.29 is 18.7 Å². The molecule has 47 heavy (non-hydrogen) atoms. The molecular formula is C34H36ClF2N7O3. The lowest BCUT2D eigenvalue weighted by atomic mass is 9.95. The lowest BCUT2D eigenvalue weighted by Crippen LogP contribution is -2.60. The summed E-state index contributed by atoms with van der Waals surface area (Å²) in [5.74, 6) is -2.68. The van der Waals surface area contributed by atoms with Gasteiger partial charge in [0.15, 0.2) is 5.82 Å². The van der Waals surface area contributed by atoms with E-state index in [0.717, 1.165) is 6.07 Å². The second-order valence-electron chi connectivity index (χ2n) is 12.7. The van der Waals surface area contributed by atoms with Gasteiger partial charge in [0.1, 0.15) is 23.7 Å². The number of aromatic hydroxyl groups is 1. The molecule has 0 bridgehead atoms. The van der Waals surface area contributed by atoms with Crippen molar-refractivity contribution in [1.82, 2.24) is 24.4 Å². The molecule has 2 N–H and O–H groups in total. The van der Waals surface area contributed by atoms with Crippen LogP contribution in [0.2, 0.25) is 5.02 Å². The van der Waals surface area contributed by atoms with Crippen LogP contribution in [0.1, 0.15) is 64.3 Å². The lowest BCUT2D eigenvalue weighted by Gasteiger charge is -2.47. The minimum absolute atomic E-state index is 0.0393. The predicted molar refractivity (Wildman–Crippen MR) is 179 cm³/mol. The van der Waals surface area contributed by atoms with Crippen molar-refractivity contribution in [2.75, 3.05) is 29.9 Å². The molecule has 0 aliphatic carbocycles. The summed E-state index contributed by atoms with van der Waals surface area (Å²) >= 11 is 7.17. The first-order valence-electron chi connectivity index (χ1n) is 15.6. The number of anilines is 2. The maximum absolute atomic E-state index is 17.0. The van der Waals surface area contributed by atoms with Crippen LogP contribution in [0.25, 0.3) is 27.7 Å². The number of carbonyl (C=O) groups is 1. The van der Waals surface area contributed by atoms with Crippen molar-refractivity contribution in [2.45, 2.75) is 65.0 Å². The van der Waals surface area contributed by atoms with E-state index >= 15 is 8.78 Å². The van der Waals surface area contributed by atoms with Crippen LogP contribution in [-0.4, -0.2) is 67.2 Å². The normalized spacial score (nSPS) is 17.8. The Labute approximate surface area is 275 Å². The predicted octanol–water partition coefficient (Wildman–Crippen LogP) is 6.13. The molecule has 2 atom stereocenters. The fourth-order valence-corrected chi connectivity index (χ4v) is 7.24. The van der Waals surface area contributed by atoms with Crippen molar-refractivity contribution in [1.29, 1.82) is 0 Å². The van der Waals surface area contributed by atoms with E-state index in [-0.39, 0.29) is 63.8 Å². The molecule has 1 fully saturated rings. The molecule has 0 spiro atoms. The Hall–Kier alpha value is -4.58. The van der Waals surface area contributed by atoms with Gasteiger partial charge < -0.3 is 20.2 Å². The third-order valence-corrected chi connectivity index (χ3v) is 9.29. The van der Waals surface area contributed by atoms with Gasteiger partial charge in [-0.05, 0) is 43.4 Å². The van der Waals surface area contributed by atoms with Gasteiger partial charge in [-0.25, -0.2) is 23.5 Å².